The average Bonchev–Trinajstić information content (AvgIpc) is 2.23. The van der Waals surface area contributed by atoms with Crippen LogP contribution in [0.15, 0.2) is 21.9 Å². The van der Waals surface area contributed by atoms with Gasteiger partial charge in [-0.05, 0) is 29.6 Å². The zero-order valence-corrected chi connectivity index (χ0v) is 9.48. The van der Waals surface area contributed by atoms with E-state index in [4.69, 9.17) is 21.0 Å². The Bertz CT molecular complexity index is 448. The number of nitrogen functional groups attached to an aromatic ring is 1. The van der Waals surface area contributed by atoms with Gasteiger partial charge in [-0.15, -0.1) is 0 Å². The summed E-state index contributed by atoms with van der Waals surface area (Å²) in [6, 6.07) is 3.29. The molecule has 1 aromatic carbocycles. The molecule has 0 spiro atoms. The van der Waals surface area contributed by atoms with E-state index in [1.54, 1.807) is 12.1 Å². The Kier molecular flexibility index (Phi) is 4.17. The monoisotopic (exact) mass is 237 g/mol. The number of thioether (sulfide) groups is 2. The molecule has 0 aliphatic heterocycles. The fourth-order valence-electron chi connectivity index (χ4n) is 0.983. The lowest BCUT2D eigenvalue weighted by Gasteiger charge is -2.08. The predicted molar refractivity (Wildman–Crippen MR) is 60.3 cm³/mol. The van der Waals surface area contributed by atoms with E-state index >= 15 is 0 Å². The first kappa shape index (κ1) is 11.6. The zero-order valence-electron chi connectivity index (χ0n) is 7.85. The smallest absolute Gasteiger partial charge is 0.138 e. The van der Waals surface area contributed by atoms with Crippen molar-refractivity contribution in [3.8, 4) is 16.6 Å². The highest BCUT2D eigenvalue weighted by atomic mass is 32.2. The second kappa shape index (κ2) is 5.40. The molecule has 0 bridgehead atoms. The van der Waals surface area contributed by atoms with Crippen LogP contribution >= 0.6 is 23.5 Å². The van der Waals surface area contributed by atoms with Crippen molar-refractivity contribution in [1.82, 2.24) is 0 Å². The van der Waals surface area contributed by atoms with Crippen LogP contribution in [0, 0.1) is 21.3 Å². The minimum atomic E-state index is 0.473. The molecular formula is C9H7N3OS2. The van der Waals surface area contributed by atoms with Crippen LogP contribution in [-0.4, -0.2) is 7.11 Å². The van der Waals surface area contributed by atoms with E-state index in [-0.39, 0.29) is 0 Å². The van der Waals surface area contributed by atoms with Gasteiger partial charge in [-0.25, -0.2) is 0 Å². The van der Waals surface area contributed by atoms with E-state index < -0.39 is 0 Å². The summed E-state index contributed by atoms with van der Waals surface area (Å²) in [5.41, 5.74) is 6.18. The third-order valence-electron chi connectivity index (χ3n) is 1.61. The summed E-state index contributed by atoms with van der Waals surface area (Å²) in [5, 5.41) is 21.0. The number of hydrogen-bond donors (Lipinski definition) is 1. The van der Waals surface area contributed by atoms with Gasteiger partial charge >= 0.3 is 0 Å². The van der Waals surface area contributed by atoms with Crippen LogP contribution in [0.25, 0.3) is 0 Å². The van der Waals surface area contributed by atoms with Crippen LogP contribution < -0.4 is 10.5 Å². The van der Waals surface area contributed by atoms with Gasteiger partial charge < -0.3 is 10.5 Å². The van der Waals surface area contributed by atoms with Crippen molar-refractivity contribution in [2.75, 3.05) is 12.8 Å². The minimum absolute atomic E-state index is 0.473. The first-order valence-corrected chi connectivity index (χ1v) is 5.45. The highest BCUT2D eigenvalue weighted by Crippen LogP contribution is 2.36. The molecule has 0 aromatic heterocycles. The van der Waals surface area contributed by atoms with Crippen molar-refractivity contribution < 1.29 is 4.74 Å². The Labute approximate surface area is 96.0 Å². The van der Waals surface area contributed by atoms with Crippen LogP contribution in [0.1, 0.15) is 0 Å². The largest absolute Gasteiger partial charge is 0.495 e. The second-order valence-corrected chi connectivity index (χ2v) is 4.08. The molecule has 2 N–H and O–H groups in total. The predicted octanol–water partition coefficient (Wildman–Crippen LogP) is 2.42. The van der Waals surface area contributed by atoms with E-state index in [1.165, 1.54) is 7.11 Å². The molecule has 6 heteroatoms. The average molecular weight is 237 g/mol. The minimum Gasteiger partial charge on any atom is -0.495 e. The summed E-state index contributed by atoms with van der Waals surface area (Å²) < 4.78 is 5.07. The molecule has 0 aliphatic rings. The Morgan fingerprint density at radius 1 is 1.20 bits per heavy atom. The van der Waals surface area contributed by atoms with Crippen molar-refractivity contribution >= 4 is 29.2 Å². The molecular weight excluding hydrogens is 230 g/mol. The highest BCUT2D eigenvalue weighted by molar-refractivity contribution is 8.04. The van der Waals surface area contributed by atoms with Crippen LogP contribution in [0.2, 0.25) is 0 Å². The quantitative estimate of drug-likeness (QED) is 0.494. The molecule has 4 nitrogen and oxygen atoms in total. The molecule has 1 rings (SSSR count). The van der Waals surface area contributed by atoms with Crippen molar-refractivity contribution in [3.05, 3.63) is 12.1 Å². The molecule has 0 aliphatic carbocycles. The molecule has 0 radical (unpaired) electrons. The second-order valence-electron chi connectivity index (χ2n) is 2.43. The van der Waals surface area contributed by atoms with Crippen LogP contribution in [0.3, 0.4) is 0 Å². The van der Waals surface area contributed by atoms with E-state index in [2.05, 4.69) is 0 Å². The summed E-state index contributed by atoms with van der Waals surface area (Å²) in [7, 11) is 1.51. The Balaban J connectivity index is 3.20. The molecule has 15 heavy (non-hydrogen) atoms. The number of methoxy groups -OCH3 is 1. The zero-order chi connectivity index (χ0) is 11.3. The van der Waals surface area contributed by atoms with E-state index in [0.29, 0.717) is 21.2 Å². The summed E-state index contributed by atoms with van der Waals surface area (Å²) in [5.74, 6) is 0.543. The molecule has 0 amide bonds. The van der Waals surface area contributed by atoms with Crippen molar-refractivity contribution in [3.63, 3.8) is 0 Å². The number of benzene rings is 1. The third-order valence-corrected chi connectivity index (χ3v) is 2.90. The lowest BCUT2D eigenvalue weighted by atomic mass is 10.3. The molecule has 0 saturated carbocycles. The Morgan fingerprint density at radius 3 is 2.33 bits per heavy atom. The molecule has 0 saturated heterocycles. The van der Waals surface area contributed by atoms with Crippen molar-refractivity contribution in [2.24, 2.45) is 0 Å². The van der Waals surface area contributed by atoms with Gasteiger partial charge in [0.1, 0.15) is 16.6 Å². The maximum atomic E-state index is 8.58. The summed E-state index contributed by atoms with van der Waals surface area (Å²) >= 11 is 1.94. The molecule has 0 fully saturated rings. The third kappa shape index (κ3) is 2.72. The molecule has 0 unspecified atom stereocenters. The fourth-order valence-corrected chi connectivity index (χ4v) is 2.03. The van der Waals surface area contributed by atoms with Gasteiger partial charge in [-0.1, -0.05) is 0 Å². The maximum Gasteiger partial charge on any atom is 0.138 e. The fraction of sp³-hybridized carbons (Fsp3) is 0.111. The van der Waals surface area contributed by atoms with Gasteiger partial charge in [0.2, 0.25) is 0 Å². The topological polar surface area (TPSA) is 82.8 Å². The normalized spacial score (nSPS) is 9.00. The molecule has 76 valence electrons. The first-order chi connectivity index (χ1) is 7.22. The van der Waals surface area contributed by atoms with E-state index in [9.17, 15) is 0 Å². The molecule has 1 aromatic rings. The number of rotatable bonds is 3. The first-order valence-electron chi connectivity index (χ1n) is 3.82. The van der Waals surface area contributed by atoms with Gasteiger partial charge in [0.05, 0.1) is 17.7 Å². The number of nitrogens with zero attached hydrogens (tertiary/aromatic N) is 2. The Hall–Kier alpha value is -1.50. The summed E-state index contributed by atoms with van der Waals surface area (Å²) in [4.78, 5) is 1.29. The number of nitrogens with two attached hydrogens (primary N) is 1. The maximum absolute atomic E-state index is 8.58. The van der Waals surface area contributed by atoms with Crippen molar-refractivity contribution in [1.29, 1.82) is 10.5 Å². The standard InChI is InChI=1S/C9H7N3OS2/c1-13-7-2-6(12)8(14-4-10)3-9(7)15-5-11/h2-3H,12H2,1H3. The van der Waals surface area contributed by atoms with Gasteiger partial charge in [-0.2, -0.15) is 10.5 Å². The number of nitriles is 2. The summed E-state index contributed by atoms with van der Waals surface area (Å²) in [6.45, 7) is 0. The highest BCUT2D eigenvalue weighted by Gasteiger charge is 2.09. The van der Waals surface area contributed by atoms with Gasteiger partial charge in [0.25, 0.3) is 0 Å². The van der Waals surface area contributed by atoms with E-state index in [0.717, 1.165) is 23.5 Å². The number of hydrogen-bond acceptors (Lipinski definition) is 6. The molecule has 0 atom stereocenters. The molecule has 0 heterocycles. The SMILES string of the molecule is COc1cc(N)c(SC#N)cc1SC#N. The number of anilines is 1. The van der Waals surface area contributed by atoms with Crippen molar-refractivity contribution in [2.45, 2.75) is 9.79 Å². The van der Waals surface area contributed by atoms with Crippen LogP contribution in [0.5, 0.6) is 5.75 Å². The van der Waals surface area contributed by atoms with E-state index in [1.807, 2.05) is 10.8 Å². The van der Waals surface area contributed by atoms with Crippen LogP contribution in [0.4, 0.5) is 5.69 Å². The van der Waals surface area contributed by atoms with Gasteiger partial charge in [0, 0.05) is 11.0 Å². The van der Waals surface area contributed by atoms with Gasteiger partial charge in [-0.3, -0.25) is 0 Å². The van der Waals surface area contributed by atoms with Gasteiger partial charge in [0.15, 0.2) is 0 Å². The van der Waals surface area contributed by atoms with Crippen LogP contribution in [-0.2, 0) is 0 Å². The summed E-state index contributed by atoms with van der Waals surface area (Å²) in [6.07, 6.45) is 0. The lowest BCUT2D eigenvalue weighted by Crippen LogP contribution is -1.92. The number of ether oxygens (including phenoxy) is 1. The Morgan fingerprint density at radius 2 is 1.80 bits per heavy atom. The number of thiocyanates is 2. The lowest BCUT2D eigenvalue weighted by molar-refractivity contribution is 0.405.